The fourth-order valence-corrected chi connectivity index (χ4v) is 3.38. The molecule has 1 aromatic carbocycles. The minimum Gasteiger partial charge on any atom is -0.478 e. The van der Waals surface area contributed by atoms with E-state index in [0.717, 1.165) is 6.07 Å². The van der Waals surface area contributed by atoms with E-state index in [1.54, 1.807) is 0 Å². The Morgan fingerprint density at radius 3 is 2.63 bits per heavy atom. The zero-order valence-electron chi connectivity index (χ0n) is 9.92. The average molecular weight is 417 g/mol. The molecule has 0 amide bonds. The molecule has 0 fully saturated rings. The maximum absolute atomic E-state index is 11.9. The lowest BCUT2D eigenvalue weighted by Crippen LogP contribution is -2.28. The van der Waals surface area contributed by atoms with Crippen LogP contribution in [0.2, 0.25) is 0 Å². The normalized spacial score (nSPS) is 13.2. The molecule has 1 unspecified atom stereocenters. The molecular formula is C10H12INO5S2. The lowest BCUT2D eigenvalue weighted by molar-refractivity contribution is 0.0695. The van der Waals surface area contributed by atoms with Crippen LogP contribution in [-0.4, -0.2) is 42.3 Å². The summed E-state index contributed by atoms with van der Waals surface area (Å²) >= 11 is 1.82. The summed E-state index contributed by atoms with van der Waals surface area (Å²) in [6.07, 6.45) is 1.47. The molecule has 0 aliphatic heterocycles. The van der Waals surface area contributed by atoms with Gasteiger partial charge in [-0.1, -0.05) is 0 Å². The number of carboxylic acid groups (broad SMARTS) is 1. The smallest absolute Gasteiger partial charge is 0.336 e. The van der Waals surface area contributed by atoms with Crippen molar-refractivity contribution in [3.8, 4) is 0 Å². The minimum absolute atomic E-state index is 0.0415. The van der Waals surface area contributed by atoms with E-state index < -0.39 is 26.8 Å². The number of hydrogen-bond acceptors (Lipinski definition) is 4. The fraction of sp³-hybridized carbons (Fsp3) is 0.300. The Morgan fingerprint density at radius 1 is 1.47 bits per heavy atom. The molecule has 6 nitrogen and oxygen atoms in total. The van der Waals surface area contributed by atoms with Gasteiger partial charge < -0.3 is 5.11 Å². The fourth-order valence-electron chi connectivity index (χ4n) is 1.24. The number of aromatic carboxylic acids is 1. The van der Waals surface area contributed by atoms with E-state index in [-0.39, 0.29) is 22.8 Å². The Morgan fingerprint density at radius 2 is 2.11 bits per heavy atom. The maximum atomic E-state index is 11.9. The molecule has 1 aromatic rings. The van der Waals surface area contributed by atoms with Crippen LogP contribution in [0.15, 0.2) is 23.1 Å². The molecule has 1 atom stereocenters. The van der Waals surface area contributed by atoms with Crippen LogP contribution < -0.4 is 4.72 Å². The summed E-state index contributed by atoms with van der Waals surface area (Å²) in [5.41, 5.74) is -0.0671. The van der Waals surface area contributed by atoms with Crippen LogP contribution >= 0.6 is 22.6 Å². The highest BCUT2D eigenvalue weighted by atomic mass is 127. The Balaban J connectivity index is 2.99. The number of hydrogen-bond donors (Lipinski definition) is 2. The Hall–Kier alpha value is -0.520. The first-order valence-corrected chi connectivity index (χ1v) is 9.35. The SMILES string of the molecule is CS(=O)CCNS(=O)(=O)c1ccc(I)c(C(=O)O)c1. The molecule has 0 bridgehead atoms. The van der Waals surface area contributed by atoms with Crippen LogP contribution in [0.25, 0.3) is 0 Å². The van der Waals surface area contributed by atoms with E-state index in [2.05, 4.69) is 4.72 Å². The van der Waals surface area contributed by atoms with Crippen molar-refractivity contribution in [1.29, 1.82) is 0 Å². The van der Waals surface area contributed by atoms with Gasteiger partial charge >= 0.3 is 5.97 Å². The van der Waals surface area contributed by atoms with Crippen molar-refractivity contribution in [1.82, 2.24) is 4.72 Å². The van der Waals surface area contributed by atoms with Gasteiger partial charge in [-0.15, -0.1) is 0 Å². The summed E-state index contributed by atoms with van der Waals surface area (Å²) in [5, 5.41) is 8.94. The number of carbonyl (C=O) groups is 1. The molecule has 106 valence electrons. The second-order valence-corrected chi connectivity index (χ2v) is 8.11. The zero-order chi connectivity index (χ0) is 14.6. The zero-order valence-corrected chi connectivity index (χ0v) is 13.7. The highest BCUT2D eigenvalue weighted by molar-refractivity contribution is 14.1. The van der Waals surface area contributed by atoms with Crippen LogP contribution in [0, 0.1) is 3.57 Å². The van der Waals surface area contributed by atoms with Crippen molar-refractivity contribution in [2.75, 3.05) is 18.6 Å². The average Bonchev–Trinajstić information content (AvgIpc) is 2.27. The Kier molecular flexibility index (Phi) is 5.89. The van der Waals surface area contributed by atoms with Crippen LogP contribution in [0.4, 0.5) is 0 Å². The minimum atomic E-state index is -3.78. The summed E-state index contributed by atoms with van der Waals surface area (Å²) in [4.78, 5) is 10.8. The molecule has 0 radical (unpaired) electrons. The predicted octanol–water partition coefficient (Wildman–Crippen LogP) is 0.646. The quantitative estimate of drug-likeness (QED) is 0.662. The molecule has 0 spiro atoms. The van der Waals surface area contributed by atoms with E-state index in [1.165, 1.54) is 18.4 Å². The van der Waals surface area contributed by atoms with Gasteiger partial charge in [0.25, 0.3) is 0 Å². The second kappa shape index (κ2) is 6.77. The van der Waals surface area contributed by atoms with E-state index in [9.17, 15) is 17.4 Å². The van der Waals surface area contributed by atoms with Crippen LogP contribution in [-0.2, 0) is 20.8 Å². The number of nitrogens with one attached hydrogen (secondary N) is 1. The molecular weight excluding hydrogens is 405 g/mol. The highest BCUT2D eigenvalue weighted by Crippen LogP contribution is 2.17. The summed E-state index contributed by atoms with van der Waals surface area (Å²) in [5.74, 6) is -0.980. The van der Waals surface area contributed by atoms with Gasteiger partial charge in [0, 0.05) is 32.9 Å². The van der Waals surface area contributed by atoms with E-state index in [0.29, 0.717) is 3.57 Å². The lowest BCUT2D eigenvalue weighted by Gasteiger charge is -2.07. The molecule has 2 N–H and O–H groups in total. The van der Waals surface area contributed by atoms with Crippen molar-refractivity contribution in [2.45, 2.75) is 4.90 Å². The number of halogens is 1. The molecule has 0 aliphatic carbocycles. The van der Waals surface area contributed by atoms with Gasteiger partial charge in [-0.25, -0.2) is 17.9 Å². The summed E-state index contributed by atoms with van der Waals surface area (Å²) in [6.45, 7) is 0.0415. The predicted molar refractivity (Wildman–Crippen MR) is 80.2 cm³/mol. The van der Waals surface area contributed by atoms with Gasteiger partial charge in [0.2, 0.25) is 10.0 Å². The highest BCUT2D eigenvalue weighted by Gasteiger charge is 2.17. The third-order valence-corrected chi connectivity index (χ3v) is 5.34. The third-order valence-electron chi connectivity index (χ3n) is 2.16. The number of rotatable bonds is 6. The van der Waals surface area contributed by atoms with Gasteiger partial charge in [-0.2, -0.15) is 0 Å². The van der Waals surface area contributed by atoms with E-state index in [1.807, 2.05) is 22.6 Å². The summed E-state index contributed by atoms with van der Waals surface area (Å²) in [6, 6.07) is 3.87. The first-order chi connectivity index (χ1) is 8.74. The van der Waals surface area contributed by atoms with Crippen LogP contribution in [0.1, 0.15) is 10.4 Å². The number of sulfonamides is 1. The van der Waals surface area contributed by atoms with Crippen molar-refractivity contribution < 1.29 is 22.5 Å². The van der Waals surface area contributed by atoms with Crippen molar-refractivity contribution >= 4 is 49.4 Å². The largest absolute Gasteiger partial charge is 0.478 e. The molecule has 0 aliphatic rings. The van der Waals surface area contributed by atoms with Gasteiger partial charge in [-0.05, 0) is 40.8 Å². The van der Waals surface area contributed by atoms with Crippen LogP contribution in [0.5, 0.6) is 0 Å². The topological polar surface area (TPSA) is 101 Å². The maximum Gasteiger partial charge on any atom is 0.336 e. The standard InChI is InChI=1S/C10H12INO5S2/c1-18(15)5-4-12-19(16,17)7-2-3-9(11)8(6-7)10(13)14/h2-3,6,12H,4-5H2,1H3,(H,13,14). The van der Waals surface area contributed by atoms with Gasteiger partial charge in [-0.3, -0.25) is 4.21 Å². The molecule has 1 rings (SSSR count). The third kappa shape index (κ3) is 4.82. The monoisotopic (exact) mass is 417 g/mol. The summed E-state index contributed by atoms with van der Waals surface area (Å²) < 4.78 is 37.4. The molecule has 0 saturated heterocycles. The van der Waals surface area contributed by atoms with E-state index in [4.69, 9.17) is 5.11 Å². The van der Waals surface area contributed by atoms with Gasteiger partial charge in [0.15, 0.2) is 0 Å². The lowest BCUT2D eigenvalue weighted by atomic mass is 10.2. The molecule has 0 aromatic heterocycles. The Labute approximate surface area is 127 Å². The molecule has 19 heavy (non-hydrogen) atoms. The van der Waals surface area contributed by atoms with Crippen molar-refractivity contribution in [3.05, 3.63) is 27.3 Å². The summed E-state index contributed by atoms with van der Waals surface area (Å²) in [7, 11) is -4.87. The molecule has 9 heteroatoms. The second-order valence-electron chi connectivity index (χ2n) is 3.62. The first-order valence-electron chi connectivity index (χ1n) is 5.06. The van der Waals surface area contributed by atoms with Gasteiger partial charge in [0.1, 0.15) is 0 Å². The Bertz CT molecular complexity index is 614. The van der Waals surface area contributed by atoms with Gasteiger partial charge in [0.05, 0.1) is 10.5 Å². The first kappa shape index (κ1) is 16.5. The number of benzene rings is 1. The van der Waals surface area contributed by atoms with E-state index >= 15 is 0 Å². The molecule has 0 heterocycles. The number of carboxylic acids is 1. The van der Waals surface area contributed by atoms with Crippen LogP contribution in [0.3, 0.4) is 0 Å². The van der Waals surface area contributed by atoms with Crippen molar-refractivity contribution in [3.63, 3.8) is 0 Å². The van der Waals surface area contributed by atoms with Crippen molar-refractivity contribution in [2.24, 2.45) is 0 Å². The molecule has 0 saturated carbocycles.